The summed E-state index contributed by atoms with van der Waals surface area (Å²) in [7, 11) is 1.63. The van der Waals surface area contributed by atoms with Gasteiger partial charge < -0.3 is 10.1 Å². The molecular weight excluding hydrogens is 484 g/mol. The SMILES string of the molecule is CC(=O)OOC(C)=O.CC(C)NC(C)C.COc1ccc2c(c1)cc(C)n2C(=O)c1ccc(Cl)cc1. The van der Waals surface area contributed by atoms with Crippen LogP contribution in [0.15, 0.2) is 48.5 Å². The van der Waals surface area contributed by atoms with Gasteiger partial charge >= 0.3 is 11.9 Å². The molecule has 0 fully saturated rings. The molecule has 0 radical (unpaired) electrons. The highest BCUT2D eigenvalue weighted by molar-refractivity contribution is 6.30. The minimum absolute atomic E-state index is 0.0654. The van der Waals surface area contributed by atoms with E-state index in [2.05, 4.69) is 42.8 Å². The number of aryl methyl sites for hydroxylation is 1. The molecule has 0 aliphatic carbocycles. The molecule has 3 rings (SSSR count). The first-order chi connectivity index (χ1) is 16.8. The monoisotopic (exact) mass is 518 g/mol. The second-order valence-corrected chi connectivity index (χ2v) is 8.92. The third-order valence-corrected chi connectivity index (χ3v) is 4.68. The molecule has 0 atom stereocenters. The van der Waals surface area contributed by atoms with Gasteiger partial charge in [-0.05, 0) is 55.5 Å². The van der Waals surface area contributed by atoms with Crippen LogP contribution in [0.4, 0.5) is 0 Å². The fourth-order valence-corrected chi connectivity index (χ4v) is 3.36. The average molecular weight is 519 g/mol. The lowest BCUT2D eigenvalue weighted by atomic mass is 10.2. The van der Waals surface area contributed by atoms with Crippen LogP contribution in [0.25, 0.3) is 10.9 Å². The summed E-state index contributed by atoms with van der Waals surface area (Å²) in [5, 5.41) is 4.90. The van der Waals surface area contributed by atoms with Crippen molar-refractivity contribution in [1.29, 1.82) is 0 Å². The van der Waals surface area contributed by atoms with Crippen molar-refractivity contribution in [3.05, 3.63) is 64.8 Å². The van der Waals surface area contributed by atoms with Crippen LogP contribution in [0.5, 0.6) is 5.75 Å². The van der Waals surface area contributed by atoms with Gasteiger partial charge in [0.2, 0.25) is 0 Å². The Morgan fingerprint density at radius 3 is 1.81 bits per heavy atom. The summed E-state index contributed by atoms with van der Waals surface area (Å²) in [6.45, 7) is 12.8. The van der Waals surface area contributed by atoms with Gasteiger partial charge in [-0.1, -0.05) is 39.3 Å². The van der Waals surface area contributed by atoms with Gasteiger partial charge in [-0.3, -0.25) is 9.36 Å². The first kappa shape index (κ1) is 30.7. The molecule has 0 unspecified atom stereocenters. The maximum atomic E-state index is 12.7. The second-order valence-electron chi connectivity index (χ2n) is 8.48. The van der Waals surface area contributed by atoms with Crippen LogP contribution in [0.2, 0.25) is 5.02 Å². The van der Waals surface area contributed by atoms with E-state index in [1.165, 1.54) is 0 Å². The molecular formula is C27H35ClN2O6. The second kappa shape index (κ2) is 14.9. The molecule has 1 aromatic heterocycles. The van der Waals surface area contributed by atoms with Crippen molar-refractivity contribution in [1.82, 2.24) is 9.88 Å². The maximum absolute atomic E-state index is 12.7. The number of carbonyl (C=O) groups excluding carboxylic acids is 3. The van der Waals surface area contributed by atoms with E-state index < -0.39 is 11.9 Å². The largest absolute Gasteiger partial charge is 0.497 e. The average Bonchev–Trinajstić information content (AvgIpc) is 3.12. The lowest BCUT2D eigenvalue weighted by Gasteiger charge is -2.10. The third kappa shape index (κ3) is 10.5. The van der Waals surface area contributed by atoms with Gasteiger partial charge in [0.15, 0.2) is 0 Å². The van der Waals surface area contributed by atoms with E-state index in [0.717, 1.165) is 36.2 Å². The Balaban J connectivity index is 0.000000358. The molecule has 1 heterocycles. The van der Waals surface area contributed by atoms with Gasteiger partial charge in [-0.15, -0.1) is 0 Å². The molecule has 0 aliphatic heterocycles. The first-order valence-electron chi connectivity index (χ1n) is 11.4. The van der Waals surface area contributed by atoms with Crippen molar-refractivity contribution in [3.8, 4) is 5.75 Å². The highest BCUT2D eigenvalue weighted by Crippen LogP contribution is 2.25. The van der Waals surface area contributed by atoms with Crippen molar-refractivity contribution in [2.75, 3.05) is 7.11 Å². The molecule has 9 heteroatoms. The number of rotatable bonds is 4. The number of halogens is 1. The number of aromatic nitrogens is 1. The van der Waals surface area contributed by atoms with Gasteiger partial charge in [0, 0.05) is 47.6 Å². The van der Waals surface area contributed by atoms with Crippen LogP contribution in [0, 0.1) is 6.92 Å². The zero-order chi connectivity index (χ0) is 27.4. The lowest BCUT2D eigenvalue weighted by molar-refractivity contribution is -0.255. The minimum Gasteiger partial charge on any atom is -0.497 e. The Bertz CT molecular complexity index is 1130. The molecule has 2 aromatic carbocycles. The van der Waals surface area contributed by atoms with E-state index in [0.29, 0.717) is 22.7 Å². The normalized spacial score (nSPS) is 10.2. The predicted molar refractivity (Wildman–Crippen MR) is 141 cm³/mol. The van der Waals surface area contributed by atoms with Crippen molar-refractivity contribution in [2.24, 2.45) is 0 Å². The summed E-state index contributed by atoms with van der Waals surface area (Å²) in [6, 6.07) is 15.8. The summed E-state index contributed by atoms with van der Waals surface area (Å²) in [5.41, 5.74) is 2.36. The van der Waals surface area contributed by atoms with Crippen molar-refractivity contribution >= 4 is 40.3 Å². The number of benzene rings is 2. The molecule has 0 spiro atoms. The summed E-state index contributed by atoms with van der Waals surface area (Å²) < 4.78 is 6.93. The molecule has 36 heavy (non-hydrogen) atoms. The van der Waals surface area contributed by atoms with Crippen LogP contribution in [0.3, 0.4) is 0 Å². The fourth-order valence-electron chi connectivity index (χ4n) is 3.23. The molecule has 0 saturated carbocycles. The Kier molecular flexibility index (Phi) is 12.7. The molecule has 3 aromatic rings. The number of carbonyl (C=O) groups is 3. The minimum atomic E-state index is -0.639. The summed E-state index contributed by atoms with van der Waals surface area (Å²) in [6.07, 6.45) is 0. The van der Waals surface area contributed by atoms with Crippen molar-refractivity contribution in [2.45, 2.75) is 60.5 Å². The quantitative estimate of drug-likeness (QED) is 0.348. The topological polar surface area (TPSA) is 95.9 Å². The van der Waals surface area contributed by atoms with Gasteiger partial charge in [-0.25, -0.2) is 19.4 Å². The highest BCUT2D eigenvalue weighted by atomic mass is 35.5. The number of ether oxygens (including phenoxy) is 1. The molecule has 8 nitrogen and oxygen atoms in total. The number of fused-ring (bicyclic) bond motifs is 1. The Morgan fingerprint density at radius 2 is 1.39 bits per heavy atom. The van der Waals surface area contributed by atoms with E-state index in [9.17, 15) is 14.4 Å². The molecule has 0 saturated heterocycles. The highest BCUT2D eigenvalue weighted by Gasteiger charge is 2.15. The first-order valence-corrected chi connectivity index (χ1v) is 11.8. The fraction of sp³-hybridized carbons (Fsp3) is 0.370. The predicted octanol–water partition coefficient (Wildman–Crippen LogP) is 5.72. The standard InChI is InChI=1S/C17H14ClNO2.C6H15N.C4H6O4/c1-11-9-13-10-15(21-2)7-8-16(13)19(11)17(20)12-3-5-14(18)6-4-12;1-5(2)7-6(3)4;1-3(5)7-8-4(2)6/h3-10H,1-2H3;5-7H,1-4H3;1-2H3. The third-order valence-electron chi connectivity index (χ3n) is 4.43. The van der Waals surface area contributed by atoms with Crippen molar-refractivity contribution < 1.29 is 28.9 Å². The van der Waals surface area contributed by atoms with Crippen LogP contribution in [0.1, 0.15) is 57.6 Å². The molecule has 0 aliphatic rings. The molecule has 1 N–H and O–H groups in total. The van der Waals surface area contributed by atoms with Crippen LogP contribution < -0.4 is 10.1 Å². The summed E-state index contributed by atoms with van der Waals surface area (Å²) in [5.74, 6) is -0.566. The molecule has 196 valence electrons. The lowest BCUT2D eigenvalue weighted by Crippen LogP contribution is -2.29. The van der Waals surface area contributed by atoms with E-state index in [4.69, 9.17) is 16.3 Å². The smallest absolute Gasteiger partial charge is 0.352 e. The van der Waals surface area contributed by atoms with Gasteiger partial charge in [0.05, 0.1) is 12.6 Å². The number of methoxy groups -OCH3 is 1. The van der Waals surface area contributed by atoms with E-state index in [-0.39, 0.29) is 5.91 Å². The van der Waals surface area contributed by atoms with Gasteiger partial charge in [0.1, 0.15) is 5.75 Å². The van der Waals surface area contributed by atoms with Crippen LogP contribution >= 0.6 is 11.6 Å². The van der Waals surface area contributed by atoms with E-state index in [1.54, 1.807) is 35.9 Å². The van der Waals surface area contributed by atoms with Crippen LogP contribution in [-0.2, 0) is 19.4 Å². The Hall–Kier alpha value is -3.36. The molecule has 0 amide bonds. The van der Waals surface area contributed by atoms with Crippen molar-refractivity contribution in [3.63, 3.8) is 0 Å². The number of hydrogen-bond donors (Lipinski definition) is 1. The Morgan fingerprint density at radius 1 is 0.861 bits per heavy atom. The van der Waals surface area contributed by atoms with Crippen LogP contribution in [-0.4, -0.2) is 41.6 Å². The molecule has 0 bridgehead atoms. The summed E-state index contributed by atoms with van der Waals surface area (Å²) >= 11 is 5.87. The van der Waals surface area contributed by atoms with E-state index in [1.807, 2.05) is 31.2 Å². The van der Waals surface area contributed by atoms with Gasteiger partial charge in [0.25, 0.3) is 5.91 Å². The van der Waals surface area contributed by atoms with E-state index >= 15 is 0 Å². The van der Waals surface area contributed by atoms with Gasteiger partial charge in [-0.2, -0.15) is 0 Å². The summed E-state index contributed by atoms with van der Waals surface area (Å²) in [4.78, 5) is 40.0. The Labute approximate surface area is 217 Å². The number of nitrogens with zero attached hydrogens (tertiary/aromatic N) is 1. The number of nitrogens with one attached hydrogen (secondary N) is 1. The maximum Gasteiger partial charge on any atom is 0.352 e. The number of hydrogen-bond acceptors (Lipinski definition) is 7. The zero-order valence-corrected chi connectivity index (χ0v) is 22.8. The zero-order valence-electron chi connectivity index (χ0n) is 22.0.